The van der Waals surface area contributed by atoms with E-state index in [-0.39, 0.29) is 0 Å². The summed E-state index contributed by atoms with van der Waals surface area (Å²) in [5.74, 6) is 1.92. The third-order valence-electron chi connectivity index (χ3n) is 5.67. The van der Waals surface area contributed by atoms with Crippen LogP contribution in [0.25, 0.3) is 6.20 Å². The summed E-state index contributed by atoms with van der Waals surface area (Å²) < 4.78 is 1.75. The Morgan fingerprint density at radius 3 is 2.35 bits per heavy atom. The molecule has 20 heavy (non-hydrogen) atoms. The Balaban J connectivity index is 1.60. The molecule has 4 fully saturated rings. The van der Waals surface area contributed by atoms with Gasteiger partial charge in [0.15, 0.2) is 0 Å². The van der Waals surface area contributed by atoms with Crippen molar-refractivity contribution >= 4 is 12.2 Å². The fraction of sp³-hybridized carbons (Fsp3) is 0.588. The molecule has 4 saturated carbocycles. The van der Waals surface area contributed by atoms with Crippen LogP contribution in [0.3, 0.4) is 0 Å². The normalized spacial score (nSPS) is 38.7. The van der Waals surface area contributed by atoms with Crippen LogP contribution in [0.5, 0.6) is 0 Å². The monoisotopic (exact) mass is 271 g/mol. The molecule has 0 spiro atoms. The Labute approximate surface area is 119 Å². The second-order valence-electron chi connectivity index (χ2n) is 7.20. The molecule has 106 valence electrons. The molecule has 4 bridgehead atoms. The molecule has 0 unspecified atom stereocenters. The molecule has 1 N–H and O–H groups in total. The van der Waals surface area contributed by atoms with Gasteiger partial charge >= 0.3 is 5.97 Å². The van der Waals surface area contributed by atoms with Crippen LogP contribution >= 0.6 is 0 Å². The zero-order chi connectivity index (χ0) is 13.7. The maximum Gasteiger partial charge on any atom is 0.352 e. The number of aromatic carboxylic acids is 1. The molecule has 1 aromatic heterocycles. The molecule has 1 aromatic rings. The van der Waals surface area contributed by atoms with Crippen molar-refractivity contribution in [3.8, 4) is 0 Å². The average molecular weight is 271 g/mol. The first-order valence-corrected chi connectivity index (χ1v) is 7.73. The predicted molar refractivity (Wildman–Crippen MR) is 77.3 cm³/mol. The van der Waals surface area contributed by atoms with Gasteiger partial charge in [-0.2, -0.15) is 0 Å². The first kappa shape index (κ1) is 12.2. The largest absolute Gasteiger partial charge is 0.477 e. The first-order chi connectivity index (χ1) is 9.63. The van der Waals surface area contributed by atoms with Gasteiger partial charge in [0.2, 0.25) is 0 Å². The predicted octanol–water partition coefficient (Wildman–Crippen LogP) is 3.87. The number of nitrogens with zero attached hydrogens (tertiary/aromatic N) is 1. The summed E-state index contributed by atoms with van der Waals surface area (Å²) in [5, 5.41) is 9.16. The Morgan fingerprint density at radius 2 is 1.80 bits per heavy atom. The van der Waals surface area contributed by atoms with E-state index in [0.717, 1.165) is 17.8 Å². The average Bonchev–Trinajstić information content (AvgIpc) is 2.83. The van der Waals surface area contributed by atoms with E-state index < -0.39 is 5.97 Å². The number of hydrogen-bond acceptors (Lipinski definition) is 1. The fourth-order valence-electron chi connectivity index (χ4n) is 5.33. The van der Waals surface area contributed by atoms with E-state index in [0.29, 0.717) is 11.1 Å². The first-order valence-electron chi connectivity index (χ1n) is 7.73. The van der Waals surface area contributed by atoms with Gasteiger partial charge in [0.05, 0.1) is 0 Å². The quantitative estimate of drug-likeness (QED) is 0.906. The van der Waals surface area contributed by atoms with E-state index in [2.05, 4.69) is 6.08 Å². The molecular weight excluding hydrogens is 250 g/mol. The zero-order valence-corrected chi connectivity index (χ0v) is 11.7. The molecular formula is C17H21NO2. The summed E-state index contributed by atoms with van der Waals surface area (Å²) in [4.78, 5) is 11.2. The van der Waals surface area contributed by atoms with Crippen molar-refractivity contribution < 1.29 is 9.90 Å². The van der Waals surface area contributed by atoms with Crippen LogP contribution in [0, 0.1) is 23.2 Å². The summed E-state index contributed by atoms with van der Waals surface area (Å²) in [6.07, 6.45) is 14.4. The van der Waals surface area contributed by atoms with Gasteiger partial charge in [0, 0.05) is 12.4 Å². The van der Waals surface area contributed by atoms with E-state index in [4.69, 9.17) is 5.11 Å². The van der Waals surface area contributed by atoms with Gasteiger partial charge in [-0.05, 0) is 73.8 Å². The molecule has 0 atom stereocenters. The Hall–Kier alpha value is -1.51. The summed E-state index contributed by atoms with van der Waals surface area (Å²) >= 11 is 0. The van der Waals surface area contributed by atoms with Gasteiger partial charge in [0.1, 0.15) is 5.69 Å². The minimum absolute atomic E-state index is 0.353. The Morgan fingerprint density at radius 1 is 1.20 bits per heavy atom. The minimum atomic E-state index is -0.856. The molecule has 3 heteroatoms. The van der Waals surface area contributed by atoms with E-state index in [1.165, 1.54) is 38.5 Å². The third-order valence-corrected chi connectivity index (χ3v) is 5.67. The maximum atomic E-state index is 11.2. The molecule has 0 amide bonds. The lowest BCUT2D eigenvalue weighted by molar-refractivity contribution is -0.0234. The number of carboxylic acids is 1. The van der Waals surface area contributed by atoms with Gasteiger partial charge < -0.3 is 9.67 Å². The van der Waals surface area contributed by atoms with Crippen molar-refractivity contribution in [1.29, 1.82) is 0 Å². The number of carbonyl (C=O) groups is 1. The second kappa shape index (κ2) is 4.24. The maximum absolute atomic E-state index is 11.2. The van der Waals surface area contributed by atoms with Crippen molar-refractivity contribution in [2.75, 3.05) is 0 Å². The summed E-state index contributed by atoms with van der Waals surface area (Å²) in [6.45, 7) is 0. The van der Waals surface area contributed by atoms with Crippen LogP contribution in [0.15, 0.2) is 24.4 Å². The van der Waals surface area contributed by atoms with Gasteiger partial charge in [0.25, 0.3) is 0 Å². The molecule has 0 aromatic carbocycles. The van der Waals surface area contributed by atoms with Crippen LogP contribution in [-0.2, 0) is 0 Å². The van der Waals surface area contributed by atoms with Gasteiger partial charge in [-0.1, -0.05) is 6.08 Å². The lowest BCUT2D eigenvalue weighted by Gasteiger charge is -2.55. The van der Waals surface area contributed by atoms with Crippen LogP contribution in [-0.4, -0.2) is 15.6 Å². The Bertz CT molecular complexity index is 534. The van der Waals surface area contributed by atoms with Crippen molar-refractivity contribution in [3.05, 3.63) is 30.1 Å². The topological polar surface area (TPSA) is 42.2 Å². The number of carboxylic acid groups (broad SMARTS) is 1. The third kappa shape index (κ3) is 1.91. The van der Waals surface area contributed by atoms with Crippen molar-refractivity contribution in [1.82, 2.24) is 4.57 Å². The van der Waals surface area contributed by atoms with Crippen molar-refractivity contribution in [2.45, 2.75) is 38.5 Å². The smallest absolute Gasteiger partial charge is 0.352 e. The number of rotatable bonds is 3. The molecule has 0 saturated heterocycles. The van der Waals surface area contributed by atoms with Gasteiger partial charge in [-0.15, -0.1) is 0 Å². The van der Waals surface area contributed by atoms with Crippen molar-refractivity contribution in [2.24, 2.45) is 23.2 Å². The zero-order valence-electron chi connectivity index (χ0n) is 11.7. The lowest BCUT2D eigenvalue weighted by atomic mass is 9.50. The van der Waals surface area contributed by atoms with E-state index in [1.54, 1.807) is 16.7 Å². The lowest BCUT2D eigenvalue weighted by Crippen LogP contribution is -2.45. The second-order valence-corrected chi connectivity index (χ2v) is 7.20. The van der Waals surface area contributed by atoms with Gasteiger partial charge in [-0.25, -0.2) is 4.79 Å². The molecule has 3 nitrogen and oxygen atoms in total. The summed E-state index contributed by atoms with van der Waals surface area (Å²) in [5.41, 5.74) is 0.709. The highest BCUT2D eigenvalue weighted by molar-refractivity contribution is 5.86. The number of hydrogen-bond donors (Lipinski definition) is 1. The van der Waals surface area contributed by atoms with E-state index in [9.17, 15) is 4.79 Å². The minimum Gasteiger partial charge on any atom is -0.477 e. The molecule has 0 aliphatic heterocycles. The Kier molecular flexibility index (Phi) is 2.60. The highest BCUT2D eigenvalue weighted by Crippen LogP contribution is 2.60. The van der Waals surface area contributed by atoms with Crippen LogP contribution in [0.2, 0.25) is 0 Å². The van der Waals surface area contributed by atoms with Crippen molar-refractivity contribution in [3.63, 3.8) is 0 Å². The number of aromatic nitrogens is 1. The van der Waals surface area contributed by atoms with Gasteiger partial charge in [-0.3, -0.25) is 0 Å². The highest BCUT2D eigenvalue weighted by Gasteiger charge is 2.49. The molecule has 4 aliphatic carbocycles. The molecule has 4 aliphatic rings. The highest BCUT2D eigenvalue weighted by atomic mass is 16.4. The molecule has 1 heterocycles. The number of allylic oxidation sites excluding steroid dienone is 1. The fourth-order valence-corrected chi connectivity index (χ4v) is 5.33. The molecule has 5 rings (SSSR count). The summed E-state index contributed by atoms with van der Waals surface area (Å²) in [7, 11) is 0. The standard InChI is InChI=1S/C17H21NO2/c19-16(20)15-2-1-4-18(15)5-3-17-9-12-6-13(10-17)8-14(7-12)11-17/h1-5,12-14H,6-11H2,(H,19,20)/b5-3+. The summed E-state index contributed by atoms with van der Waals surface area (Å²) in [6, 6.07) is 3.46. The van der Waals surface area contributed by atoms with Crippen LogP contribution in [0.1, 0.15) is 49.0 Å². The van der Waals surface area contributed by atoms with E-state index >= 15 is 0 Å². The SMILES string of the molecule is O=C(O)c1cccn1/C=C/C12CC3CC(CC(C3)C1)C2. The van der Waals surface area contributed by atoms with E-state index in [1.807, 2.05) is 12.4 Å². The van der Waals surface area contributed by atoms with Crippen LogP contribution in [0.4, 0.5) is 0 Å². The van der Waals surface area contributed by atoms with Crippen LogP contribution < -0.4 is 0 Å². The molecule has 0 radical (unpaired) electrons.